The number of hydrogen-bond donors (Lipinski definition) is 1. The van der Waals surface area contributed by atoms with Gasteiger partial charge in [0, 0.05) is 18.5 Å². The zero-order valence-corrected chi connectivity index (χ0v) is 29.0. The lowest BCUT2D eigenvalue weighted by Crippen LogP contribution is -2.19. The number of carbonyl (C=O) groups excluding carboxylic acids is 1. The van der Waals surface area contributed by atoms with E-state index in [1.807, 2.05) is 32.1 Å². The Labute approximate surface area is 268 Å². The second kappa shape index (κ2) is 17.5. The average molecular weight is 610 g/mol. The second-order valence-electron chi connectivity index (χ2n) is 11.8. The highest BCUT2D eigenvalue weighted by Crippen LogP contribution is 2.30. The molecule has 1 amide bonds. The largest absolute Gasteiger partial charge is 0.366 e. The van der Waals surface area contributed by atoms with Crippen molar-refractivity contribution < 1.29 is 4.79 Å². The number of allylic oxidation sites excluding steroid dienone is 4. The summed E-state index contributed by atoms with van der Waals surface area (Å²) in [5.41, 5.74) is 12.8. The highest BCUT2D eigenvalue weighted by Gasteiger charge is 2.21. The molecule has 0 aliphatic heterocycles. The Morgan fingerprint density at radius 2 is 1.64 bits per heavy atom. The number of aromatic nitrogens is 2. The molecule has 0 aliphatic rings. The van der Waals surface area contributed by atoms with Crippen LogP contribution in [-0.2, 0) is 18.4 Å². The van der Waals surface area contributed by atoms with E-state index in [2.05, 4.69) is 116 Å². The molecule has 4 rings (SSSR count). The molecule has 234 valence electrons. The Morgan fingerprint density at radius 3 is 2.16 bits per heavy atom. The van der Waals surface area contributed by atoms with Gasteiger partial charge in [0.15, 0.2) is 0 Å². The summed E-state index contributed by atoms with van der Waals surface area (Å²) >= 11 is 0. The van der Waals surface area contributed by atoms with Crippen molar-refractivity contribution >= 4 is 31.8 Å². The van der Waals surface area contributed by atoms with Crippen LogP contribution in [0.5, 0.6) is 0 Å². The van der Waals surface area contributed by atoms with E-state index in [9.17, 15) is 4.79 Å². The van der Waals surface area contributed by atoms with Crippen LogP contribution in [0.25, 0.3) is 16.6 Å². The summed E-state index contributed by atoms with van der Waals surface area (Å²) in [4.78, 5) is 16.4. The highest BCUT2D eigenvalue weighted by molar-refractivity contribution is 7.23. The van der Waals surface area contributed by atoms with Crippen molar-refractivity contribution in [2.24, 2.45) is 11.7 Å². The van der Waals surface area contributed by atoms with E-state index in [4.69, 9.17) is 10.7 Å². The van der Waals surface area contributed by atoms with Crippen LogP contribution < -0.4 is 5.73 Å². The first-order valence-electron chi connectivity index (χ1n) is 15.7. The number of nitrogens with two attached hydrogens (primary N) is 1. The lowest BCUT2D eigenvalue weighted by atomic mass is 9.78. The molecule has 5 heteroatoms. The SMILES string of the molecule is C=C/C=C(\C(=C)P)c1ccc(Cn2c(CCC)nc3ccc(C(N)=O)cc32)cc1.CC.CC(C)CC(C)(C)c1ccccc1. The molecule has 0 radical (unpaired) electrons. The molecule has 1 heterocycles. The number of rotatable bonds is 11. The van der Waals surface area contributed by atoms with Gasteiger partial charge in [-0.05, 0) is 70.0 Å². The monoisotopic (exact) mass is 609 g/mol. The normalized spacial score (nSPS) is 11.3. The number of imidazole rings is 1. The Morgan fingerprint density at radius 1 is 1.02 bits per heavy atom. The van der Waals surface area contributed by atoms with Crippen molar-refractivity contribution in [3.8, 4) is 0 Å². The minimum atomic E-state index is -0.430. The smallest absolute Gasteiger partial charge is 0.248 e. The van der Waals surface area contributed by atoms with Gasteiger partial charge >= 0.3 is 0 Å². The lowest BCUT2D eigenvalue weighted by Gasteiger charge is -2.27. The molecule has 2 N–H and O–H groups in total. The maximum absolute atomic E-state index is 11.6. The van der Waals surface area contributed by atoms with Crippen molar-refractivity contribution in [3.05, 3.63) is 131 Å². The Balaban J connectivity index is 0.000000376. The Bertz CT molecular complexity index is 1540. The van der Waals surface area contributed by atoms with E-state index in [1.165, 1.54) is 12.0 Å². The molecule has 3 aromatic carbocycles. The number of fused-ring (bicyclic) bond motifs is 1. The summed E-state index contributed by atoms with van der Waals surface area (Å²) in [7, 11) is 2.64. The fraction of sp³-hybridized carbons (Fsp3) is 0.333. The number of benzene rings is 3. The van der Waals surface area contributed by atoms with Gasteiger partial charge in [-0.25, -0.2) is 4.98 Å². The molecule has 0 saturated heterocycles. The van der Waals surface area contributed by atoms with E-state index >= 15 is 0 Å². The van der Waals surface area contributed by atoms with Gasteiger partial charge in [-0.1, -0.05) is 128 Å². The van der Waals surface area contributed by atoms with Crippen LogP contribution in [0.1, 0.15) is 94.2 Å². The van der Waals surface area contributed by atoms with E-state index in [1.54, 1.807) is 12.1 Å². The molecule has 0 saturated carbocycles. The quantitative estimate of drug-likeness (QED) is 0.136. The molecule has 1 atom stereocenters. The number of carbonyl (C=O) groups is 1. The summed E-state index contributed by atoms with van der Waals surface area (Å²) in [6, 6.07) is 24.6. The van der Waals surface area contributed by atoms with Crippen LogP contribution in [0, 0.1) is 5.92 Å². The van der Waals surface area contributed by atoms with Crippen LogP contribution in [0.3, 0.4) is 0 Å². The maximum Gasteiger partial charge on any atom is 0.248 e. The first kappa shape index (κ1) is 36.4. The molecular weight excluding hydrogens is 557 g/mol. The van der Waals surface area contributed by atoms with E-state index < -0.39 is 5.91 Å². The third-order valence-corrected chi connectivity index (χ3v) is 7.61. The fourth-order valence-corrected chi connectivity index (χ4v) is 5.69. The van der Waals surface area contributed by atoms with Gasteiger partial charge in [0.25, 0.3) is 0 Å². The number of hydrogen-bond acceptors (Lipinski definition) is 2. The maximum atomic E-state index is 11.6. The lowest BCUT2D eigenvalue weighted by molar-refractivity contribution is 0.100. The van der Waals surface area contributed by atoms with E-state index in [0.717, 1.165) is 57.6 Å². The van der Waals surface area contributed by atoms with E-state index in [-0.39, 0.29) is 0 Å². The van der Waals surface area contributed by atoms with Crippen molar-refractivity contribution in [2.75, 3.05) is 0 Å². The van der Waals surface area contributed by atoms with Crippen LogP contribution in [0.15, 0.2) is 103 Å². The minimum absolute atomic E-state index is 0.315. The van der Waals surface area contributed by atoms with Gasteiger partial charge < -0.3 is 10.3 Å². The summed E-state index contributed by atoms with van der Waals surface area (Å²) in [5, 5.41) is 0.919. The first-order chi connectivity index (χ1) is 21.0. The molecular formula is C39H52N3OP. The number of primary amides is 1. The molecule has 4 nitrogen and oxygen atoms in total. The molecule has 0 spiro atoms. The van der Waals surface area contributed by atoms with E-state index in [0.29, 0.717) is 17.5 Å². The summed E-state index contributed by atoms with van der Waals surface area (Å²) in [6.07, 6.45) is 6.84. The van der Waals surface area contributed by atoms with Crippen LogP contribution >= 0.6 is 9.24 Å². The molecule has 1 unspecified atom stereocenters. The van der Waals surface area contributed by atoms with Crippen LogP contribution in [0.4, 0.5) is 0 Å². The molecule has 0 fully saturated rings. The number of amides is 1. The third-order valence-electron chi connectivity index (χ3n) is 7.30. The number of nitrogens with zero attached hydrogens (tertiary/aromatic N) is 2. The average Bonchev–Trinajstić information content (AvgIpc) is 3.33. The van der Waals surface area contributed by atoms with Gasteiger partial charge in [-0.15, -0.1) is 9.24 Å². The first-order valence-corrected chi connectivity index (χ1v) is 16.3. The summed E-state index contributed by atoms with van der Waals surface area (Å²) in [5.74, 6) is 1.34. The standard InChI is InChI=1S/C24H26N3OP.C13H20.C2H6/c1-4-6-20(16(3)29)18-10-8-17(9-11-18)15-27-22-14-19(24(25)28)12-13-21(22)26-23(27)7-5-2;1-11(2)10-13(3,4)12-8-6-5-7-9-12;1-2/h4,6,8-14H,1,3,5,7,15,29H2,2H3,(H2,25,28);5-9,11H,10H2,1-4H3;1-2H3/b20-6+;;. The third kappa shape index (κ3) is 10.2. The summed E-state index contributed by atoms with van der Waals surface area (Å²) < 4.78 is 2.18. The molecule has 44 heavy (non-hydrogen) atoms. The van der Waals surface area contributed by atoms with Gasteiger partial charge in [0.05, 0.1) is 11.0 Å². The van der Waals surface area contributed by atoms with Gasteiger partial charge in [0.2, 0.25) is 5.91 Å². The minimum Gasteiger partial charge on any atom is -0.366 e. The Hall–Kier alpha value is -3.75. The topological polar surface area (TPSA) is 60.9 Å². The molecule has 0 aliphatic carbocycles. The molecule has 0 bridgehead atoms. The van der Waals surface area contributed by atoms with Gasteiger partial charge in [0.1, 0.15) is 5.82 Å². The van der Waals surface area contributed by atoms with Crippen molar-refractivity contribution in [3.63, 3.8) is 0 Å². The fourth-order valence-electron chi connectivity index (χ4n) is 5.42. The van der Waals surface area contributed by atoms with Crippen LogP contribution in [-0.4, -0.2) is 15.5 Å². The van der Waals surface area contributed by atoms with Gasteiger partial charge in [-0.3, -0.25) is 4.79 Å². The Kier molecular flexibility index (Phi) is 14.5. The van der Waals surface area contributed by atoms with Crippen LogP contribution in [0.2, 0.25) is 0 Å². The predicted molar refractivity (Wildman–Crippen MR) is 195 cm³/mol. The molecule has 1 aromatic heterocycles. The van der Waals surface area contributed by atoms with Crippen molar-refractivity contribution in [1.29, 1.82) is 0 Å². The highest BCUT2D eigenvalue weighted by atomic mass is 31.0. The second-order valence-corrected chi connectivity index (χ2v) is 12.5. The number of aryl methyl sites for hydroxylation is 1. The van der Waals surface area contributed by atoms with Crippen molar-refractivity contribution in [1.82, 2.24) is 9.55 Å². The van der Waals surface area contributed by atoms with Crippen molar-refractivity contribution in [2.45, 2.75) is 79.7 Å². The summed E-state index contributed by atoms with van der Waals surface area (Å²) in [6.45, 7) is 23.8. The zero-order valence-electron chi connectivity index (χ0n) is 27.9. The molecule has 4 aromatic rings. The predicted octanol–water partition coefficient (Wildman–Crippen LogP) is 10.1. The zero-order chi connectivity index (χ0) is 32.9. The van der Waals surface area contributed by atoms with Gasteiger partial charge in [-0.2, -0.15) is 0 Å².